The summed E-state index contributed by atoms with van der Waals surface area (Å²) >= 11 is 1.75. The molecule has 1 amide bonds. The number of carbonyl (C=O) groups is 1. The van der Waals surface area contributed by atoms with Crippen LogP contribution in [0.3, 0.4) is 0 Å². The van der Waals surface area contributed by atoms with Crippen molar-refractivity contribution in [1.82, 2.24) is 9.80 Å². The molecule has 1 aromatic rings. The van der Waals surface area contributed by atoms with Gasteiger partial charge >= 0.3 is 0 Å². The summed E-state index contributed by atoms with van der Waals surface area (Å²) in [5.41, 5.74) is 1.39. The van der Waals surface area contributed by atoms with E-state index in [1.807, 2.05) is 4.90 Å². The van der Waals surface area contributed by atoms with Gasteiger partial charge in [-0.3, -0.25) is 9.69 Å². The van der Waals surface area contributed by atoms with Gasteiger partial charge in [-0.2, -0.15) is 11.3 Å². The Hall–Kier alpha value is -0.910. The van der Waals surface area contributed by atoms with Crippen molar-refractivity contribution < 1.29 is 9.53 Å². The molecule has 0 aliphatic carbocycles. The van der Waals surface area contributed by atoms with Gasteiger partial charge in [-0.05, 0) is 48.1 Å². The number of hydrogen-bond acceptors (Lipinski definition) is 4. The molecule has 0 bridgehead atoms. The number of hydrogen-bond donors (Lipinski definition) is 0. The molecule has 0 N–H and O–H groups in total. The zero-order valence-electron chi connectivity index (χ0n) is 13.4. The van der Waals surface area contributed by atoms with E-state index in [1.165, 1.54) is 5.56 Å². The predicted molar refractivity (Wildman–Crippen MR) is 89.0 cm³/mol. The maximum Gasteiger partial charge on any atom is 0.222 e. The largest absolute Gasteiger partial charge is 0.381 e. The molecule has 1 aromatic heterocycles. The summed E-state index contributed by atoms with van der Waals surface area (Å²) < 4.78 is 5.38. The fourth-order valence-electron chi connectivity index (χ4n) is 3.38. The first-order valence-electron chi connectivity index (χ1n) is 8.35. The monoisotopic (exact) mass is 322 g/mol. The smallest absolute Gasteiger partial charge is 0.222 e. The molecule has 2 saturated heterocycles. The maximum atomic E-state index is 12.3. The van der Waals surface area contributed by atoms with Crippen molar-refractivity contribution in [3.05, 3.63) is 22.4 Å². The van der Waals surface area contributed by atoms with E-state index in [0.717, 1.165) is 52.2 Å². The molecule has 2 aliphatic rings. The molecule has 2 fully saturated rings. The van der Waals surface area contributed by atoms with Crippen LogP contribution in [0.4, 0.5) is 0 Å². The summed E-state index contributed by atoms with van der Waals surface area (Å²) in [5, 5.41) is 4.37. The lowest BCUT2D eigenvalue weighted by Crippen LogP contribution is -2.49. The van der Waals surface area contributed by atoms with Crippen LogP contribution in [-0.4, -0.2) is 55.1 Å². The second-order valence-corrected chi connectivity index (χ2v) is 7.20. The van der Waals surface area contributed by atoms with Crippen LogP contribution in [0.15, 0.2) is 16.8 Å². The number of piperazine rings is 1. The number of ether oxygens (including phenoxy) is 1. The molecule has 3 heterocycles. The molecule has 2 aliphatic heterocycles. The lowest BCUT2D eigenvalue weighted by Gasteiger charge is -2.38. The van der Waals surface area contributed by atoms with Crippen LogP contribution in [0, 0.1) is 5.92 Å². The number of nitrogens with zero attached hydrogens (tertiary/aromatic N) is 2. The van der Waals surface area contributed by atoms with Gasteiger partial charge < -0.3 is 9.64 Å². The topological polar surface area (TPSA) is 32.8 Å². The third-order valence-corrected chi connectivity index (χ3v) is 5.73. The number of amides is 1. The van der Waals surface area contributed by atoms with Crippen molar-refractivity contribution in [2.75, 3.05) is 39.4 Å². The Bertz CT molecular complexity index is 463. The van der Waals surface area contributed by atoms with Gasteiger partial charge in [-0.25, -0.2) is 0 Å². The molecule has 22 heavy (non-hydrogen) atoms. The van der Waals surface area contributed by atoms with E-state index in [1.54, 1.807) is 11.3 Å². The number of rotatable bonds is 5. The van der Waals surface area contributed by atoms with E-state index in [2.05, 4.69) is 28.7 Å². The van der Waals surface area contributed by atoms with Crippen molar-refractivity contribution in [2.24, 2.45) is 5.92 Å². The van der Waals surface area contributed by atoms with Gasteiger partial charge in [0.05, 0.1) is 0 Å². The van der Waals surface area contributed by atoms with E-state index < -0.39 is 0 Å². The average molecular weight is 322 g/mol. The summed E-state index contributed by atoms with van der Waals surface area (Å²) in [5.74, 6) is 0.929. The molecule has 0 spiro atoms. The third kappa shape index (κ3) is 3.89. The Morgan fingerprint density at radius 1 is 1.41 bits per heavy atom. The lowest BCUT2D eigenvalue weighted by atomic mass is 10.0. The van der Waals surface area contributed by atoms with Crippen LogP contribution < -0.4 is 0 Å². The van der Waals surface area contributed by atoms with Crippen molar-refractivity contribution in [3.63, 3.8) is 0 Å². The van der Waals surface area contributed by atoms with Gasteiger partial charge in [0.25, 0.3) is 0 Å². The Morgan fingerprint density at radius 3 is 2.86 bits per heavy atom. The van der Waals surface area contributed by atoms with Gasteiger partial charge in [0.1, 0.15) is 0 Å². The zero-order valence-corrected chi connectivity index (χ0v) is 14.2. The Balaban J connectivity index is 1.41. The molecule has 3 rings (SSSR count). The van der Waals surface area contributed by atoms with E-state index in [-0.39, 0.29) is 0 Å². The first-order chi connectivity index (χ1) is 10.7. The SMILES string of the molecule is C[C@H](c1ccsc1)N1CCN(C(=O)CC[C@H]2CCOC2)CC1. The fourth-order valence-corrected chi connectivity index (χ4v) is 4.13. The van der Waals surface area contributed by atoms with Crippen molar-refractivity contribution >= 4 is 17.2 Å². The van der Waals surface area contributed by atoms with Gasteiger partial charge in [-0.1, -0.05) is 0 Å². The van der Waals surface area contributed by atoms with Crippen LogP contribution in [0.2, 0.25) is 0 Å². The van der Waals surface area contributed by atoms with Gasteiger partial charge in [0.2, 0.25) is 5.91 Å². The summed E-state index contributed by atoms with van der Waals surface area (Å²) in [4.78, 5) is 16.9. The Labute approximate surface area is 137 Å². The molecule has 5 heteroatoms. The normalized spacial score (nSPS) is 24.6. The average Bonchev–Trinajstić information content (AvgIpc) is 3.25. The van der Waals surface area contributed by atoms with Gasteiger partial charge in [-0.15, -0.1) is 0 Å². The minimum absolute atomic E-state index is 0.328. The first-order valence-corrected chi connectivity index (χ1v) is 9.30. The summed E-state index contributed by atoms with van der Waals surface area (Å²) in [6.45, 7) is 7.68. The highest BCUT2D eigenvalue weighted by Crippen LogP contribution is 2.24. The Kier molecular flexibility index (Phi) is 5.50. The second-order valence-electron chi connectivity index (χ2n) is 6.42. The summed E-state index contributed by atoms with van der Waals surface area (Å²) in [6, 6.07) is 2.66. The standard InChI is InChI=1S/C17H26N2O2S/c1-14(16-5-11-22-13-16)18-6-8-19(9-7-18)17(20)3-2-15-4-10-21-12-15/h5,11,13-15H,2-4,6-10,12H2,1H3/t14-,15+/m1/s1. The van der Waals surface area contributed by atoms with Gasteiger partial charge in [0, 0.05) is 51.9 Å². The maximum absolute atomic E-state index is 12.3. The second kappa shape index (κ2) is 7.57. The minimum atomic E-state index is 0.328. The van der Waals surface area contributed by atoms with Crippen LogP contribution >= 0.6 is 11.3 Å². The van der Waals surface area contributed by atoms with Crippen LogP contribution in [0.25, 0.3) is 0 Å². The molecule has 2 atom stereocenters. The Morgan fingerprint density at radius 2 is 2.23 bits per heavy atom. The first kappa shape index (κ1) is 16.0. The van der Waals surface area contributed by atoms with Crippen molar-refractivity contribution in [2.45, 2.75) is 32.2 Å². The van der Waals surface area contributed by atoms with Crippen LogP contribution in [0.1, 0.15) is 37.8 Å². The van der Waals surface area contributed by atoms with E-state index in [0.29, 0.717) is 24.3 Å². The number of thiophene rings is 1. The molecule has 0 saturated carbocycles. The highest BCUT2D eigenvalue weighted by atomic mass is 32.1. The third-order valence-electron chi connectivity index (χ3n) is 5.03. The van der Waals surface area contributed by atoms with Crippen molar-refractivity contribution in [1.29, 1.82) is 0 Å². The number of carbonyl (C=O) groups excluding carboxylic acids is 1. The fraction of sp³-hybridized carbons (Fsp3) is 0.706. The lowest BCUT2D eigenvalue weighted by molar-refractivity contribution is -0.133. The molecule has 0 unspecified atom stereocenters. The molecule has 122 valence electrons. The highest BCUT2D eigenvalue weighted by molar-refractivity contribution is 7.07. The summed E-state index contributed by atoms with van der Waals surface area (Å²) in [6.07, 6.45) is 2.80. The van der Waals surface area contributed by atoms with Crippen molar-refractivity contribution in [3.8, 4) is 0 Å². The zero-order chi connectivity index (χ0) is 15.4. The summed E-state index contributed by atoms with van der Waals surface area (Å²) in [7, 11) is 0. The quantitative estimate of drug-likeness (QED) is 0.836. The van der Waals surface area contributed by atoms with Crippen LogP contribution in [0.5, 0.6) is 0 Å². The molecule has 4 nitrogen and oxygen atoms in total. The molecular formula is C17H26N2O2S. The molecule has 0 aromatic carbocycles. The van der Waals surface area contributed by atoms with Crippen LogP contribution in [-0.2, 0) is 9.53 Å². The van der Waals surface area contributed by atoms with E-state index in [4.69, 9.17) is 4.74 Å². The molecule has 0 radical (unpaired) electrons. The highest BCUT2D eigenvalue weighted by Gasteiger charge is 2.25. The predicted octanol–water partition coefficient (Wildman–Crippen LogP) is 2.77. The molecular weight excluding hydrogens is 296 g/mol. The van der Waals surface area contributed by atoms with E-state index >= 15 is 0 Å². The minimum Gasteiger partial charge on any atom is -0.381 e. The van der Waals surface area contributed by atoms with Gasteiger partial charge in [0.15, 0.2) is 0 Å². The van der Waals surface area contributed by atoms with E-state index in [9.17, 15) is 4.79 Å².